The van der Waals surface area contributed by atoms with Gasteiger partial charge < -0.3 is 4.74 Å². The largest absolute Gasteiger partial charge is 0.488 e. The summed E-state index contributed by atoms with van der Waals surface area (Å²) in [5, 5.41) is 10.6. The number of ether oxygens (including phenoxy) is 1. The third-order valence-corrected chi connectivity index (χ3v) is 1.32. The second kappa shape index (κ2) is 3.65. The standard InChI is InChI=1S/C10H13NO3/c1-10(2,3)14-9-6-4-8(5-7-9)11(12)13/h4-7H,1-3H3/i1D3,2D3,3D3. The number of nitro groups is 1. The van der Waals surface area contributed by atoms with Gasteiger partial charge in [0.2, 0.25) is 0 Å². The van der Waals surface area contributed by atoms with E-state index < -0.39 is 36.8 Å². The number of rotatable bonds is 2. The van der Waals surface area contributed by atoms with Gasteiger partial charge in [-0.3, -0.25) is 10.1 Å². The van der Waals surface area contributed by atoms with Gasteiger partial charge in [-0.05, 0) is 32.7 Å². The fourth-order valence-electron chi connectivity index (χ4n) is 0.813. The summed E-state index contributed by atoms with van der Waals surface area (Å²) in [5.41, 5.74) is -3.82. The molecule has 1 aromatic rings. The van der Waals surface area contributed by atoms with Crippen molar-refractivity contribution < 1.29 is 22.0 Å². The van der Waals surface area contributed by atoms with E-state index in [1.807, 2.05) is 0 Å². The van der Waals surface area contributed by atoms with Crippen molar-refractivity contribution in [3.05, 3.63) is 34.4 Å². The summed E-state index contributed by atoms with van der Waals surface area (Å²) in [6.07, 6.45) is 0. The van der Waals surface area contributed by atoms with Crippen molar-refractivity contribution in [3.63, 3.8) is 0 Å². The molecule has 0 spiro atoms. The Hall–Kier alpha value is -1.58. The molecule has 0 atom stereocenters. The topological polar surface area (TPSA) is 52.4 Å². The minimum Gasteiger partial charge on any atom is -0.488 e. The van der Waals surface area contributed by atoms with Gasteiger partial charge in [0.1, 0.15) is 11.4 Å². The van der Waals surface area contributed by atoms with Crippen LogP contribution in [0, 0.1) is 10.1 Å². The van der Waals surface area contributed by atoms with Crippen LogP contribution < -0.4 is 4.74 Å². The van der Waals surface area contributed by atoms with Crippen LogP contribution in [0.2, 0.25) is 0 Å². The number of non-ortho nitro benzene ring substituents is 1. The molecule has 0 aliphatic carbocycles. The van der Waals surface area contributed by atoms with Crippen LogP contribution in [0.5, 0.6) is 5.75 Å². The molecule has 76 valence electrons. The van der Waals surface area contributed by atoms with Crippen LogP contribution in [0.3, 0.4) is 0 Å². The van der Waals surface area contributed by atoms with Crippen molar-refractivity contribution >= 4 is 5.69 Å². The van der Waals surface area contributed by atoms with Crippen LogP contribution in [-0.4, -0.2) is 10.5 Å². The van der Waals surface area contributed by atoms with E-state index in [9.17, 15) is 10.1 Å². The third kappa shape index (κ3) is 3.05. The average Bonchev–Trinajstić information content (AvgIpc) is 2.31. The third-order valence-electron chi connectivity index (χ3n) is 1.32. The molecular weight excluding hydrogens is 182 g/mol. The number of hydrogen-bond acceptors (Lipinski definition) is 3. The highest BCUT2D eigenvalue weighted by Crippen LogP contribution is 2.21. The number of hydrogen-bond donors (Lipinski definition) is 0. The second-order valence-corrected chi connectivity index (χ2v) is 2.53. The SMILES string of the molecule is [2H]C([2H])([2H])C(Oc1ccc([N+](=O)[O-])cc1)(C([2H])([2H])[2H])C([2H])([2H])[2H]. The molecule has 0 amide bonds. The lowest BCUT2D eigenvalue weighted by molar-refractivity contribution is -0.384. The van der Waals surface area contributed by atoms with Gasteiger partial charge in [0.25, 0.3) is 5.69 Å². The zero-order valence-electron chi connectivity index (χ0n) is 16.0. The molecule has 0 radical (unpaired) electrons. The number of nitro benzene ring substituents is 1. The highest BCUT2D eigenvalue weighted by atomic mass is 16.6. The molecule has 0 aromatic heterocycles. The quantitative estimate of drug-likeness (QED) is 0.549. The Morgan fingerprint density at radius 2 is 1.93 bits per heavy atom. The van der Waals surface area contributed by atoms with E-state index in [1.54, 1.807) is 0 Å². The molecule has 1 rings (SSSR count). The van der Waals surface area contributed by atoms with E-state index in [2.05, 4.69) is 0 Å². The summed E-state index contributed by atoms with van der Waals surface area (Å²) in [4.78, 5) is 9.84. The highest BCUT2D eigenvalue weighted by molar-refractivity contribution is 5.36. The van der Waals surface area contributed by atoms with E-state index >= 15 is 0 Å². The average molecular weight is 204 g/mol. The van der Waals surface area contributed by atoms with Crippen molar-refractivity contribution in [1.29, 1.82) is 0 Å². The van der Waals surface area contributed by atoms with Crippen LogP contribution in [0.1, 0.15) is 32.9 Å². The van der Waals surface area contributed by atoms with Crippen molar-refractivity contribution in [1.82, 2.24) is 0 Å². The summed E-state index contributed by atoms with van der Waals surface area (Å²) in [6, 6.07) is 3.77. The lowest BCUT2D eigenvalue weighted by Crippen LogP contribution is -2.22. The summed E-state index contributed by atoms with van der Waals surface area (Å²) >= 11 is 0. The molecule has 1 aromatic carbocycles. The molecule has 0 heterocycles. The van der Waals surface area contributed by atoms with Crippen LogP contribution in [0.15, 0.2) is 24.3 Å². The first-order valence-corrected chi connectivity index (χ1v) is 3.57. The molecule has 0 aliphatic heterocycles. The molecule has 0 aliphatic rings. The summed E-state index contributed by atoms with van der Waals surface area (Å²) in [6.45, 7) is -10.5. The van der Waals surface area contributed by atoms with E-state index in [1.165, 1.54) is 0 Å². The van der Waals surface area contributed by atoms with Gasteiger partial charge in [-0.25, -0.2) is 0 Å². The van der Waals surface area contributed by atoms with Crippen molar-refractivity contribution in [2.24, 2.45) is 0 Å². The molecule has 0 saturated carbocycles. The predicted molar refractivity (Wildman–Crippen MR) is 53.5 cm³/mol. The molecule has 4 heteroatoms. The van der Waals surface area contributed by atoms with E-state index in [-0.39, 0.29) is 5.69 Å². The molecular formula is C10H13NO3. The Kier molecular flexibility index (Phi) is 0.922. The monoisotopic (exact) mass is 204 g/mol. The maximum atomic E-state index is 10.6. The van der Waals surface area contributed by atoms with Crippen molar-refractivity contribution in [3.8, 4) is 5.75 Å². The summed E-state index contributed by atoms with van der Waals surface area (Å²) < 4.78 is 71.4. The van der Waals surface area contributed by atoms with E-state index in [0.29, 0.717) is 0 Å². The van der Waals surface area contributed by atoms with Gasteiger partial charge in [0, 0.05) is 24.5 Å². The van der Waals surface area contributed by atoms with Crippen LogP contribution in [0.25, 0.3) is 0 Å². The van der Waals surface area contributed by atoms with Gasteiger partial charge in [0.15, 0.2) is 0 Å². The molecule has 4 nitrogen and oxygen atoms in total. The first-order valence-electron chi connectivity index (χ1n) is 8.07. The van der Waals surface area contributed by atoms with Crippen LogP contribution in [0.4, 0.5) is 5.69 Å². The Balaban J connectivity index is 3.45. The first kappa shape index (κ1) is 3.53. The molecule has 0 bridgehead atoms. The molecule has 0 unspecified atom stereocenters. The lowest BCUT2D eigenvalue weighted by atomic mass is 10.2. The zero-order valence-corrected chi connectivity index (χ0v) is 6.98. The highest BCUT2D eigenvalue weighted by Gasteiger charge is 2.12. The molecule has 0 fully saturated rings. The molecule has 14 heavy (non-hydrogen) atoms. The van der Waals surface area contributed by atoms with Gasteiger partial charge >= 0.3 is 0 Å². The van der Waals surface area contributed by atoms with E-state index in [4.69, 9.17) is 17.1 Å². The van der Waals surface area contributed by atoms with Gasteiger partial charge in [-0.2, -0.15) is 0 Å². The summed E-state index contributed by atoms with van der Waals surface area (Å²) in [7, 11) is 0. The molecule has 0 saturated heterocycles. The van der Waals surface area contributed by atoms with E-state index in [0.717, 1.165) is 24.3 Å². The fraction of sp³-hybridized carbons (Fsp3) is 0.400. The molecule has 0 N–H and O–H groups in total. The smallest absolute Gasteiger partial charge is 0.269 e. The van der Waals surface area contributed by atoms with Crippen molar-refractivity contribution in [2.75, 3.05) is 0 Å². The first-order chi connectivity index (χ1) is 10.1. The van der Waals surface area contributed by atoms with Crippen LogP contribution in [-0.2, 0) is 0 Å². The Labute approximate surface area is 95.3 Å². The number of nitrogens with zero attached hydrogens (tertiary/aromatic N) is 1. The maximum Gasteiger partial charge on any atom is 0.269 e. The van der Waals surface area contributed by atoms with Crippen molar-refractivity contribution in [2.45, 2.75) is 26.2 Å². The normalized spacial score (nSPS) is 23.3. The van der Waals surface area contributed by atoms with Gasteiger partial charge in [0.05, 0.1) is 4.92 Å². The van der Waals surface area contributed by atoms with Gasteiger partial charge in [-0.15, -0.1) is 0 Å². The summed E-state index contributed by atoms with van der Waals surface area (Å²) in [5.74, 6) is -0.418. The Morgan fingerprint density at radius 1 is 1.36 bits per heavy atom. The minimum absolute atomic E-state index is 0.348. The predicted octanol–water partition coefficient (Wildman–Crippen LogP) is 2.77. The minimum atomic E-state index is -3.51. The fourth-order valence-corrected chi connectivity index (χ4v) is 0.813. The Morgan fingerprint density at radius 3 is 2.36 bits per heavy atom. The van der Waals surface area contributed by atoms with Crippen LogP contribution >= 0.6 is 0 Å². The Bertz CT molecular complexity index is 537. The zero-order chi connectivity index (χ0) is 18.3. The maximum absolute atomic E-state index is 10.6. The second-order valence-electron chi connectivity index (χ2n) is 2.53. The lowest BCUT2D eigenvalue weighted by Gasteiger charge is -2.20. The number of benzene rings is 1. The van der Waals surface area contributed by atoms with Gasteiger partial charge in [-0.1, -0.05) is 0 Å².